The zero-order valence-corrected chi connectivity index (χ0v) is 12.6. The summed E-state index contributed by atoms with van der Waals surface area (Å²) < 4.78 is 0. The Morgan fingerprint density at radius 2 is 1.86 bits per heavy atom. The number of aliphatic carboxylic acids is 1. The lowest BCUT2D eigenvalue weighted by atomic mass is 9.96. The molecule has 0 aliphatic heterocycles. The van der Waals surface area contributed by atoms with Crippen LogP contribution < -0.4 is 10.6 Å². The van der Waals surface area contributed by atoms with Crippen LogP contribution in [0.15, 0.2) is 12.2 Å². The zero-order chi connectivity index (χ0) is 15.8. The maximum absolute atomic E-state index is 12.3. The van der Waals surface area contributed by atoms with Gasteiger partial charge in [-0.15, -0.1) is 0 Å². The highest BCUT2D eigenvalue weighted by Gasteiger charge is 2.33. The van der Waals surface area contributed by atoms with Gasteiger partial charge < -0.3 is 15.7 Å². The molecule has 1 aliphatic rings. The quantitative estimate of drug-likeness (QED) is 0.615. The molecule has 0 saturated heterocycles. The van der Waals surface area contributed by atoms with Crippen molar-refractivity contribution in [1.29, 1.82) is 0 Å². The number of allylic oxidation sites excluding steroid dienone is 1. The summed E-state index contributed by atoms with van der Waals surface area (Å²) in [4.78, 5) is 34.8. The van der Waals surface area contributed by atoms with E-state index in [2.05, 4.69) is 10.6 Å². The van der Waals surface area contributed by atoms with Crippen LogP contribution in [0.4, 0.5) is 0 Å². The van der Waals surface area contributed by atoms with Crippen molar-refractivity contribution in [2.45, 2.75) is 58.0 Å². The van der Waals surface area contributed by atoms with Crippen LogP contribution in [0.5, 0.6) is 0 Å². The highest BCUT2D eigenvalue weighted by Crippen LogP contribution is 2.28. The van der Waals surface area contributed by atoms with E-state index in [1.165, 1.54) is 6.92 Å². The van der Waals surface area contributed by atoms with Crippen LogP contribution in [0.3, 0.4) is 0 Å². The van der Waals surface area contributed by atoms with Crippen LogP contribution in [0.2, 0.25) is 0 Å². The number of carboxylic acid groups (broad SMARTS) is 1. The SMILES string of the molecule is C/C=C/CC(NC(=O)C(NC(C)=O)C1CCCC1)C(=O)O. The lowest BCUT2D eigenvalue weighted by Gasteiger charge is -2.25. The van der Waals surface area contributed by atoms with Crippen molar-refractivity contribution in [3.63, 3.8) is 0 Å². The van der Waals surface area contributed by atoms with Gasteiger partial charge in [0.1, 0.15) is 12.1 Å². The molecule has 0 radical (unpaired) electrons. The van der Waals surface area contributed by atoms with Gasteiger partial charge in [0.05, 0.1) is 0 Å². The largest absolute Gasteiger partial charge is 0.480 e. The fourth-order valence-corrected chi connectivity index (χ4v) is 2.66. The van der Waals surface area contributed by atoms with Crippen molar-refractivity contribution in [2.75, 3.05) is 0 Å². The van der Waals surface area contributed by atoms with Gasteiger partial charge in [0.2, 0.25) is 11.8 Å². The minimum Gasteiger partial charge on any atom is -0.480 e. The molecule has 1 saturated carbocycles. The van der Waals surface area contributed by atoms with Gasteiger partial charge in [-0.1, -0.05) is 25.0 Å². The molecule has 0 aromatic rings. The summed E-state index contributed by atoms with van der Waals surface area (Å²) in [6, 6.07) is -1.61. The standard InChI is InChI=1S/C15H24N2O4/c1-3-4-9-12(15(20)21)17-14(19)13(16-10(2)18)11-7-5-6-8-11/h3-4,11-13H,5-9H2,1-2H3,(H,16,18)(H,17,19)(H,20,21)/b4-3+. The molecule has 1 fully saturated rings. The summed E-state index contributed by atoms with van der Waals surface area (Å²) in [5, 5.41) is 14.3. The highest BCUT2D eigenvalue weighted by molar-refractivity contribution is 5.90. The Balaban J connectivity index is 2.73. The lowest BCUT2D eigenvalue weighted by molar-refractivity contribution is -0.142. The first-order valence-electron chi connectivity index (χ1n) is 7.37. The van der Waals surface area contributed by atoms with Crippen molar-refractivity contribution in [3.8, 4) is 0 Å². The molecular formula is C15H24N2O4. The maximum atomic E-state index is 12.3. The van der Waals surface area contributed by atoms with E-state index in [9.17, 15) is 14.4 Å². The average molecular weight is 296 g/mol. The first kappa shape index (κ1) is 17.2. The van der Waals surface area contributed by atoms with Crippen molar-refractivity contribution in [1.82, 2.24) is 10.6 Å². The van der Waals surface area contributed by atoms with E-state index in [1.807, 2.05) is 0 Å². The molecule has 1 aliphatic carbocycles. The Bertz CT molecular complexity index is 414. The van der Waals surface area contributed by atoms with E-state index in [0.29, 0.717) is 0 Å². The second kappa shape index (κ2) is 8.44. The number of rotatable bonds is 7. The molecule has 6 heteroatoms. The molecule has 0 aromatic carbocycles. The molecule has 1 rings (SSSR count). The Hall–Kier alpha value is -1.85. The number of hydrogen-bond acceptors (Lipinski definition) is 3. The molecule has 6 nitrogen and oxygen atoms in total. The predicted molar refractivity (Wildman–Crippen MR) is 78.6 cm³/mol. The van der Waals surface area contributed by atoms with Gasteiger partial charge in [-0.3, -0.25) is 9.59 Å². The van der Waals surface area contributed by atoms with Crippen LogP contribution in [0.25, 0.3) is 0 Å². The summed E-state index contributed by atoms with van der Waals surface area (Å²) in [6.07, 6.45) is 7.50. The van der Waals surface area contributed by atoms with Crippen LogP contribution in [0, 0.1) is 5.92 Å². The first-order valence-corrected chi connectivity index (χ1v) is 7.37. The average Bonchev–Trinajstić information content (AvgIpc) is 2.93. The summed E-state index contributed by atoms with van der Waals surface area (Å²) >= 11 is 0. The normalized spacial score (nSPS) is 18.4. The Morgan fingerprint density at radius 3 is 2.33 bits per heavy atom. The summed E-state index contributed by atoms with van der Waals surface area (Å²) in [7, 11) is 0. The maximum Gasteiger partial charge on any atom is 0.326 e. The molecule has 118 valence electrons. The summed E-state index contributed by atoms with van der Waals surface area (Å²) in [5.74, 6) is -1.67. The molecular weight excluding hydrogens is 272 g/mol. The Kier molecular flexibility index (Phi) is 6.91. The zero-order valence-electron chi connectivity index (χ0n) is 12.6. The molecule has 0 bridgehead atoms. The fraction of sp³-hybridized carbons (Fsp3) is 0.667. The molecule has 0 heterocycles. The van der Waals surface area contributed by atoms with Crippen molar-refractivity contribution in [3.05, 3.63) is 12.2 Å². The molecule has 2 amide bonds. The van der Waals surface area contributed by atoms with E-state index >= 15 is 0 Å². The fourth-order valence-electron chi connectivity index (χ4n) is 2.66. The molecule has 2 atom stereocenters. The van der Waals surface area contributed by atoms with E-state index in [0.717, 1.165) is 25.7 Å². The minimum absolute atomic E-state index is 0.0880. The molecule has 0 spiro atoms. The van der Waals surface area contributed by atoms with Crippen LogP contribution in [0.1, 0.15) is 46.0 Å². The second-order valence-corrected chi connectivity index (χ2v) is 5.43. The highest BCUT2D eigenvalue weighted by atomic mass is 16.4. The first-order chi connectivity index (χ1) is 9.95. The van der Waals surface area contributed by atoms with Gasteiger partial charge in [0, 0.05) is 6.92 Å². The van der Waals surface area contributed by atoms with E-state index in [4.69, 9.17) is 5.11 Å². The van der Waals surface area contributed by atoms with Gasteiger partial charge >= 0.3 is 5.97 Å². The van der Waals surface area contributed by atoms with Gasteiger partial charge in [-0.25, -0.2) is 4.79 Å². The third-order valence-electron chi connectivity index (χ3n) is 3.73. The third kappa shape index (κ3) is 5.57. The van der Waals surface area contributed by atoms with Gasteiger partial charge in [0.25, 0.3) is 0 Å². The summed E-state index contributed by atoms with van der Waals surface area (Å²) in [6.45, 7) is 3.16. The van der Waals surface area contributed by atoms with E-state index in [1.54, 1.807) is 19.1 Å². The van der Waals surface area contributed by atoms with Gasteiger partial charge in [0.15, 0.2) is 0 Å². The second-order valence-electron chi connectivity index (χ2n) is 5.43. The van der Waals surface area contributed by atoms with Gasteiger partial charge in [-0.2, -0.15) is 0 Å². The smallest absolute Gasteiger partial charge is 0.326 e. The number of hydrogen-bond donors (Lipinski definition) is 3. The molecule has 3 N–H and O–H groups in total. The van der Waals surface area contributed by atoms with E-state index < -0.39 is 24.0 Å². The molecule has 2 unspecified atom stereocenters. The lowest BCUT2D eigenvalue weighted by Crippen LogP contribution is -2.53. The van der Waals surface area contributed by atoms with Crippen molar-refractivity contribution < 1.29 is 19.5 Å². The number of carbonyl (C=O) groups excluding carboxylic acids is 2. The van der Waals surface area contributed by atoms with Crippen LogP contribution >= 0.6 is 0 Å². The van der Waals surface area contributed by atoms with Crippen LogP contribution in [-0.2, 0) is 14.4 Å². The van der Waals surface area contributed by atoms with Gasteiger partial charge in [-0.05, 0) is 32.1 Å². The number of carbonyl (C=O) groups is 3. The summed E-state index contributed by atoms with van der Waals surface area (Å²) in [5.41, 5.74) is 0. The van der Waals surface area contributed by atoms with Crippen LogP contribution in [-0.4, -0.2) is 35.0 Å². The Morgan fingerprint density at radius 1 is 1.24 bits per heavy atom. The predicted octanol–water partition coefficient (Wildman–Crippen LogP) is 1.22. The number of carboxylic acids is 1. The topological polar surface area (TPSA) is 95.5 Å². The minimum atomic E-state index is -1.07. The molecule has 21 heavy (non-hydrogen) atoms. The molecule has 0 aromatic heterocycles. The van der Waals surface area contributed by atoms with E-state index in [-0.39, 0.29) is 18.2 Å². The third-order valence-corrected chi connectivity index (χ3v) is 3.73. The van der Waals surface area contributed by atoms with Crippen molar-refractivity contribution in [2.24, 2.45) is 5.92 Å². The number of nitrogens with one attached hydrogen (secondary N) is 2. The Labute approximate surface area is 125 Å². The monoisotopic (exact) mass is 296 g/mol. The van der Waals surface area contributed by atoms with Crippen molar-refractivity contribution >= 4 is 17.8 Å². The number of amides is 2.